The number of rotatable bonds is 4. The summed E-state index contributed by atoms with van der Waals surface area (Å²) in [5, 5.41) is 10.5. The number of aromatic nitrogens is 2. The zero-order valence-electron chi connectivity index (χ0n) is 10.4. The van der Waals surface area contributed by atoms with E-state index in [1.54, 1.807) is 11.8 Å². The average Bonchev–Trinajstić information content (AvgIpc) is 2.85. The molecule has 2 aromatic rings. The van der Waals surface area contributed by atoms with Crippen LogP contribution < -0.4 is 5.32 Å². The molecule has 1 aromatic carbocycles. The fourth-order valence-corrected chi connectivity index (χ4v) is 2.67. The summed E-state index contributed by atoms with van der Waals surface area (Å²) in [5.41, 5.74) is 1.04. The molecule has 1 heterocycles. The zero-order chi connectivity index (χ0) is 13.8. The maximum Gasteiger partial charge on any atom is 0.282 e. The Labute approximate surface area is 124 Å². The lowest BCUT2D eigenvalue weighted by atomic mass is 10.1. The highest BCUT2D eigenvalue weighted by Crippen LogP contribution is 2.20. The maximum absolute atomic E-state index is 11.9. The van der Waals surface area contributed by atoms with E-state index >= 15 is 0 Å². The molecule has 0 saturated heterocycles. The number of hydrogen-bond donors (Lipinski definition) is 1. The lowest BCUT2D eigenvalue weighted by Crippen LogP contribution is -2.26. The number of nitrogens with one attached hydrogen (secondary N) is 1. The van der Waals surface area contributed by atoms with Crippen molar-refractivity contribution in [3.8, 4) is 0 Å². The Kier molecular flexibility index (Phi) is 4.79. The van der Waals surface area contributed by atoms with Gasteiger partial charge in [-0.25, -0.2) is 0 Å². The Morgan fingerprint density at radius 2 is 2.05 bits per heavy atom. The summed E-state index contributed by atoms with van der Waals surface area (Å²) in [7, 11) is 0. The predicted molar refractivity (Wildman–Crippen MR) is 79.0 cm³/mol. The van der Waals surface area contributed by atoms with E-state index in [4.69, 9.17) is 11.6 Å². The number of hydrogen-bond acceptors (Lipinski definition) is 5. The number of halogens is 1. The normalized spacial score (nSPS) is 12.2. The fraction of sp³-hybridized carbons (Fsp3) is 0.250. The van der Waals surface area contributed by atoms with Gasteiger partial charge in [-0.05, 0) is 42.5 Å². The van der Waals surface area contributed by atoms with Crippen LogP contribution in [0.1, 0.15) is 28.3 Å². The number of benzene rings is 1. The van der Waals surface area contributed by atoms with E-state index in [0.29, 0.717) is 0 Å². The van der Waals surface area contributed by atoms with E-state index < -0.39 is 0 Å². The second-order valence-corrected chi connectivity index (χ2v) is 6.27. The van der Waals surface area contributed by atoms with Crippen LogP contribution in [0.15, 0.2) is 29.2 Å². The fourth-order valence-electron chi connectivity index (χ4n) is 1.53. The van der Waals surface area contributed by atoms with Crippen LogP contribution in [0, 0.1) is 0 Å². The Balaban J connectivity index is 2.03. The lowest BCUT2D eigenvalue weighted by Gasteiger charge is -2.13. The van der Waals surface area contributed by atoms with Gasteiger partial charge >= 0.3 is 0 Å². The highest BCUT2D eigenvalue weighted by atomic mass is 35.5. The van der Waals surface area contributed by atoms with Crippen molar-refractivity contribution in [1.29, 1.82) is 0 Å². The zero-order valence-corrected chi connectivity index (χ0v) is 12.8. The van der Waals surface area contributed by atoms with Gasteiger partial charge in [-0.2, -0.15) is 0 Å². The molecule has 4 nitrogen and oxygen atoms in total. The summed E-state index contributed by atoms with van der Waals surface area (Å²) < 4.78 is 0.266. The SMILES string of the molecule is CSc1ccc(C(C)NC(=O)c2nnc(Cl)s2)cc1. The number of nitrogens with zero attached hydrogens (tertiary/aromatic N) is 2. The van der Waals surface area contributed by atoms with Crippen molar-refractivity contribution in [1.82, 2.24) is 15.5 Å². The van der Waals surface area contributed by atoms with Gasteiger partial charge in [-0.15, -0.1) is 22.0 Å². The van der Waals surface area contributed by atoms with Gasteiger partial charge in [0, 0.05) is 4.90 Å². The number of amides is 1. The minimum atomic E-state index is -0.258. The van der Waals surface area contributed by atoms with E-state index in [1.165, 1.54) is 4.90 Å². The molecule has 0 radical (unpaired) electrons. The van der Waals surface area contributed by atoms with Gasteiger partial charge in [-0.3, -0.25) is 4.79 Å². The summed E-state index contributed by atoms with van der Waals surface area (Å²) >= 11 is 8.41. The first-order chi connectivity index (χ1) is 9.10. The average molecular weight is 314 g/mol. The standard InChI is InChI=1S/C12H12ClN3OS2/c1-7(8-3-5-9(18-2)6-4-8)14-10(17)11-15-16-12(13)19-11/h3-7H,1-2H3,(H,14,17). The van der Waals surface area contributed by atoms with E-state index in [2.05, 4.69) is 15.5 Å². The van der Waals surface area contributed by atoms with Crippen molar-refractivity contribution in [2.45, 2.75) is 17.9 Å². The first kappa shape index (κ1) is 14.3. The summed E-state index contributed by atoms with van der Waals surface area (Å²) in [6.45, 7) is 1.93. The molecule has 0 saturated carbocycles. The van der Waals surface area contributed by atoms with E-state index in [1.807, 2.05) is 37.4 Å². The van der Waals surface area contributed by atoms with E-state index in [0.717, 1.165) is 16.9 Å². The van der Waals surface area contributed by atoms with Crippen molar-refractivity contribution in [2.24, 2.45) is 0 Å². The van der Waals surface area contributed by atoms with Crippen LogP contribution in [0.2, 0.25) is 4.47 Å². The summed E-state index contributed by atoms with van der Waals surface area (Å²) in [5.74, 6) is -0.258. The Bertz CT molecular complexity index is 571. The Morgan fingerprint density at radius 1 is 1.37 bits per heavy atom. The molecule has 19 heavy (non-hydrogen) atoms. The van der Waals surface area contributed by atoms with Gasteiger partial charge in [0.1, 0.15) is 0 Å². The topological polar surface area (TPSA) is 54.9 Å². The van der Waals surface area contributed by atoms with Gasteiger partial charge in [0.05, 0.1) is 6.04 Å². The molecule has 1 atom stereocenters. The molecular weight excluding hydrogens is 302 g/mol. The van der Waals surface area contributed by atoms with Crippen molar-refractivity contribution in [2.75, 3.05) is 6.26 Å². The van der Waals surface area contributed by atoms with Crippen molar-refractivity contribution < 1.29 is 4.79 Å². The minimum Gasteiger partial charge on any atom is -0.343 e. The number of thioether (sulfide) groups is 1. The molecule has 0 aliphatic rings. The van der Waals surface area contributed by atoms with Crippen LogP contribution >= 0.6 is 34.7 Å². The van der Waals surface area contributed by atoms with Crippen LogP contribution in [-0.4, -0.2) is 22.4 Å². The van der Waals surface area contributed by atoms with Gasteiger partial charge in [0.2, 0.25) is 9.47 Å². The van der Waals surface area contributed by atoms with Crippen molar-refractivity contribution in [3.63, 3.8) is 0 Å². The van der Waals surface area contributed by atoms with E-state index in [9.17, 15) is 4.79 Å². The third-order valence-electron chi connectivity index (χ3n) is 2.56. The third-order valence-corrected chi connectivity index (χ3v) is 4.32. The predicted octanol–water partition coefficient (Wildman–Crippen LogP) is 3.40. The molecule has 100 valence electrons. The van der Waals surface area contributed by atoms with Gasteiger partial charge < -0.3 is 5.32 Å². The lowest BCUT2D eigenvalue weighted by molar-refractivity contribution is 0.0939. The quantitative estimate of drug-likeness (QED) is 0.879. The molecule has 1 N–H and O–H groups in total. The first-order valence-corrected chi connectivity index (χ1v) is 7.96. The molecule has 0 fully saturated rings. The van der Waals surface area contributed by atoms with Crippen LogP contribution in [0.3, 0.4) is 0 Å². The molecule has 0 spiro atoms. The largest absolute Gasteiger partial charge is 0.343 e. The minimum absolute atomic E-state index is 0.0916. The highest BCUT2D eigenvalue weighted by molar-refractivity contribution is 7.98. The van der Waals surface area contributed by atoms with E-state index in [-0.39, 0.29) is 21.4 Å². The molecule has 0 aliphatic heterocycles. The van der Waals surface area contributed by atoms with Crippen molar-refractivity contribution >= 4 is 40.6 Å². The Morgan fingerprint density at radius 3 is 2.58 bits per heavy atom. The summed E-state index contributed by atoms with van der Waals surface area (Å²) in [6.07, 6.45) is 2.03. The second-order valence-electron chi connectivity index (χ2n) is 3.83. The Hall–Kier alpha value is -1.11. The van der Waals surface area contributed by atoms with Gasteiger partial charge in [-0.1, -0.05) is 23.5 Å². The van der Waals surface area contributed by atoms with Crippen LogP contribution in [0.25, 0.3) is 0 Å². The molecule has 7 heteroatoms. The second kappa shape index (κ2) is 6.36. The van der Waals surface area contributed by atoms with Crippen molar-refractivity contribution in [3.05, 3.63) is 39.3 Å². The maximum atomic E-state index is 11.9. The van der Waals surface area contributed by atoms with Crippen LogP contribution in [0.5, 0.6) is 0 Å². The van der Waals surface area contributed by atoms with Gasteiger partial charge in [0.25, 0.3) is 5.91 Å². The number of carbonyl (C=O) groups is 1. The molecule has 0 bridgehead atoms. The molecule has 1 aromatic heterocycles. The monoisotopic (exact) mass is 313 g/mol. The summed E-state index contributed by atoms with van der Waals surface area (Å²) in [6, 6.07) is 7.98. The highest BCUT2D eigenvalue weighted by Gasteiger charge is 2.15. The third kappa shape index (κ3) is 3.68. The van der Waals surface area contributed by atoms with Crippen LogP contribution in [-0.2, 0) is 0 Å². The first-order valence-electron chi connectivity index (χ1n) is 5.54. The summed E-state index contributed by atoms with van der Waals surface area (Å²) in [4.78, 5) is 13.1. The molecule has 0 aliphatic carbocycles. The molecule has 1 amide bonds. The van der Waals surface area contributed by atoms with Crippen LogP contribution in [0.4, 0.5) is 0 Å². The molecule has 2 rings (SSSR count). The molecule has 1 unspecified atom stereocenters. The number of carbonyl (C=O) groups excluding carboxylic acids is 1. The van der Waals surface area contributed by atoms with Gasteiger partial charge in [0.15, 0.2) is 0 Å². The smallest absolute Gasteiger partial charge is 0.282 e. The molecular formula is C12H12ClN3OS2.